The highest BCUT2D eigenvalue weighted by molar-refractivity contribution is 9.10. The predicted octanol–water partition coefficient (Wildman–Crippen LogP) is 2.72. The fourth-order valence-corrected chi connectivity index (χ4v) is 2.84. The maximum absolute atomic E-state index is 5.94. The molecule has 0 aliphatic heterocycles. The first-order valence-electron chi connectivity index (χ1n) is 6.18. The summed E-state index contributed by atoms with van der Waals surface area (Å²) < 4.78 is 6.33. The lowest BCUT2D eigenvalue weighted by Gasteiger charge is -2.33. The van der Waals surface area contributed by atoms with E-state index < -0.39 is 0 Å². The van der Waals surface area contributed by atoms with Gasteiger partial charge in [-0.15, -0.1) is 0 Å². The Balaban J connectivity index is 2.94. The molecule has 0 saturated carbocycles. The van der Waals surface area contributed by atoms with Crippen molar-refractivity contribution in [3.8, 4) is 0 Å². The molecule has 4 heteroatoms. The summed E-state index contributed by atoms with van der Waals surface area (Å²) >= 11 is 3.63. The molecule has 0 amide bonds. The van der Waals surface area contributed by atoms with Crippen molar-refractivity contribution in [3.63, 3.8) is 0 Å². The molecular weight excluding hydrogens is 292 g/mol. The smallest absolute Gasteiger partial charge is 0.0615 e. The van der Waals surface area contributed by atoms with Crippen molar-refractivity contribution in [2.75, 3.05) is 27.3 Å². The van der Waals surface area contributed by atoms with Gasteiger partial charge in [-0.05, 0) is 38.1 Å². The summed E-state index contributed by atoms with van der Waals surface area (Å²) in [7, 11) is 3.82. The number of hydrogen-bond acceptors (Lipinski definition) is 3. The van der Waals surface area contributed by atoms with Gasteiger partial charge in [0.05, 0.1) is 6.61 Å². The third-order valence-corrected chi connectivity index (χ3v) is 4.02. The average Bonchev–Trinajstić information content (AvgIpc) is 2.32. The number of nitrogens with zero attached hydrogens (tertiary/aromatic N) is 1. The van der Waals surface area contributed by atoms with Gasteiger partial charge in [-0.2, -0.15) is 0 Å². The molecule has 0 aliphatic rings. The fourth-order valence-electron chi connectivity index (χ4n) is 2.08. The maximum atomic E-state index is 5.94. The second kappa shape index (κ2) is 7.24. The molecule has 0 saturated heterocycles. The quantitative estimate of drug-likeness (QED) is 0.877. The summed E-state index contributed by atoms with van der Waals surface area (Å²) in [6.45, 7) is 5.53. The molecule has 3 nitrogen and oxygen atoms in total. The van der Waals surface area contributed by atoms with E-state index >= 15 is 0 Å². The molecule has 2 atom stereocenters. The molecule has 1 rings (SSSR count). The minimum atomic E-state index is 0.199. The summed E-state index contributed by atoms with van der Waals surface area (Å²) in [5, 5.41) is 0. The van der Waals surface area contributed by atoms with Gasteiger partial charge in [-0.25, -0.2) is 0 Å². The molecule has 0 spiro atoms. The average molecular weight is 315 g/mol. The van der Waals surface area contributed by atoms with Crippen LogP contribution in [0, 0.1) is 6.92 Å². The number of methoxy groups -OCH3 is 1. The fraction of sp³-hybridized carbons (Fsp3) is 0.571. The topological polar surface area (TPSA) is 38.5 Å². The Morgan fingerprint density at radius 2 is 2.11 bits per heavy atom. The lowest BCUT2D eigenvalue weighted by Crippen LogP contribution is -2.39. The Bertz CT molecular complexity index is 384. The first kappa shape index (κ1) is 15.6. The molecule has 0 heterocycles. The number of hydrogen-bond donors (Lipinski definition) is 1. The first-order chi connectivity index (χ1) is 8.51. The zero-order chi connectivity index (χ0) is 13.7. The molecule has 2 unspecified atom stereocenters. The molecule has 1 aromatic carbocycles. The zero-order valence-electron chi connectivity index (χ0n) is 11.6. The summed E-state index contributed by atoms with van der Waals surface area (Å²) in [6, 6.07) is 6.93. The van der Waals surface area contributed by atoms with Crippen LogP contribution in [0.25, 0.3) is 0 Å². The van der Waals surface area contributed by atoms with E-state index in [4.69, 9.17) is 10.5 Å². The standard InChI is InChI=1S/C14H23BrN2O/c1-10-5-6-12(13(15)7-10)14(8-16)17(3)11(2)9-18-4/h5-7,11,14H,8-9,16H2,1-4H3. The summed E-state index contributed by atoms with van der Waals surface area (Å²) in [4.78, 5) is 2.26. The minimum Gasteiger partial charge on any atom is -0.383 e. The molecule has 0 aromatic heterocycles. The number of nitrogens with two attached hydrogens (primary N) is 1. The van der Waals surface area contributed by atoms with Gasteiger partial charge in [0.15, 0.2) is 0 Å². The number of ether oxygens (including phenoxy) is 1. The van der Waals surface area contributed by atoms with E-state index in [1.54, 1.807) is 7.11 Å². The number of aryl methyl sites for hydroxylation is 1. The highest BCUT2D eigenvalue weighted by Crippen LogP contribution is 2.28. The largest absolute Gasteiger partial charge is 0.383 e. The Kier molecular flexibility index (Phi) is 6.29. The molecular formula is C14H23BrN2O. The Labute approximate surface area is 118 Å². The summed E-state index contributed by atoms with van der Waals surface area (Å²) in [6.07, 6.45) is 0. The maximum Gasteiger partial charge on any atom is 0.0615 e. The van der Waals surface area contributed by atoms with E-state index in [1.165, 1.54) is 11.1 Å². The Hall–Kier alpha value is -0.420. The van der Waals surface area contributed by atoms with Crippen LogP contribution >= 0.6 is 15.9 Å². The van der Waals surface area contributed by atoms with E-state index in [0.717, 1.165) is 4.47 Å². The molecule has 1 aromatic rings. The van der Waals surface area contributed by atoms with Crippen LogP contribution in [0.1, 0.15) is 24.1 Å². The number of likely N-dealkylation sites (N-methyl/N-ethyl adjacent to an activating group) is 1. The lowest BCUT2D eigenvalue weighted by atomic mass is 10.0. The number of halogens is 1. The van der Waals surface area contributed by atoms with Crippen molar-refractivity contribution in [1.29, 1.82) is 0 Å². The van der Waals surface area contributed by atoms with Crippen LogP contribution in [-0.2, 0) is 4.74 Å². The zero-order valence-corrected chi connectivity index (χ0v) is 13.2. The van der Waals surface area contributed by atoms with Gasteiger partial charge in [0.2, 0.25) is 0 Å². The molecule has 0 aliphatic carbocycles. The summed E-state index contributed by atoms with van der Waals surface area (Å²) in [5.74, 6) is 0. The van der Waals surface area contributed by atoms with Crippen LogP contribution in [-0.4, -0.2) is 38.3 Å². The van der Waals surface area contributed by atoms with Crippen LogP contribution in [0.15, 0.2) is 22.7 Å². The molecule has 18 heavy (non-hydrogen) atoms. The highest BCUT2D eigenvalue weighted by Gasteiger charge is 2.21. The Morgan fingerprint density at radius 1 is 1.44 bits per heavy atom. The number of benzene rings is 1. The normalized spacial score (nSPS) is 14.8. The van der Waals surface area contributed by atoms with Crippen LogP contribution in [0.3, 0.4) is 0 Å². The van der Waals surface area contributed by atoms with Gasteiger partial charge in [0.25, 0.3) is 0 Å². The first-order valence-corrected chi connectivity index (χ1v) is 6.97. The lowest BCUT2D eigenvalue weighted by molar-refractivity contribution is 0.0908. The van der Waals surface area contributed by atoms with Crippen molar-refractivity contribution < 1.29 is 4.74 Å². The molecule has 0 bridgehead atoms. The monoisotopic (exact) mass is 314 g/mol. The van der Waals surface area contributed by atoms with Crippen molar-refractivity contribution >= 4 is 15.9 Å². The van der Waals surface area contributed by atoms with Gasteiger partial charge >= 0.3 is 0 Å². The van der Waals surface area contributed by atoms with E-state index in [1.807, 2.05) is 0 Å². The molecule has 0 radical (unpaired) electrons. The van der Waals surface area contributed by atoms with Crippen molar-refractivity contribution in [2.24, 2.45) is 5.73 Å². The second-order valence-corrected chi connectivity index (χ2v) is 5.60. The van der Waals surface area contributed by atoms with E-state index in [-0.39, 0.29) is 6.04 Å². The number of rotatable bonds is 6. The van der Waals surface area contributed by atoms with E-state index in [9.17, 15) is 0 Å². The van der Waals surface area contributed by atoms with Crippen LogP contribution in [0.5, 0.6) is 0 Å². The molecule has 0 fully saturated rings. The third kappa shape index (κ3) is 3.79. The van der Waals surface area contributed by atoms with Gasteiger partial charge in [-0.1, -0.05) is 28.1 Å². The molecule has 2 N–H and O–H groups in total. The SMILES string of the molecule is COCC(C)N(C)C(CN)c1ccc(C)cc1Br. The third-order valence-electron chi connectivity index (χ3n) is 3.33. The highest BCUT2D eigenvalue weighted by atomic mass is 79.9. The second-order valence-electron chi connectivity index (χ2n) is 4.75. The van der Waals surface area contributed by atoms with Crippen LogP contribution in [0.2, 0.25) is 0 Å². The van der Waals surface area contributed by atoms with Crippen molar-refractivity contribution in [3.05, 3.63) is 33.8 Å². The van der Waals surface area contributed by atoms with Crippen molar-refractivity contribution in [1.82, 2.24) is 4.90 Å². The van der Waals surface area contributed by atoms with E-state index in [2.05, 4.69) is 59.9 Å². The van der Waals surface area contributed by atoms with Crippen LogP contribution < -0.4 is 5.73 Å². The van der Waals surface area contributed by atoms with Gasteiger partial charge < -0.3 is 10.5 Å². The summed E-state index contributed by atoms with van der Waals surface area (Å²) in [5.41, 5.74) is 8.42. The Morgan fingerprint density at radius 3 is 2.61 bits per heavy atom. The van der Waals surface area contributed by atoms with Gasteiger partial charge in [0.1, 0.15) is 0 Å². The van der Waals surface area contributed by atoms with E-state index in [0.29, 0.717) is 19.2 Å². The van der Waals surface area contributed by atoms with Gasteiger partial charge in [-0.3, -0.25) is 4.90 Å². The van der Waals surface area contributed by atoms with Crippen molar-refractivity contribution in [2.45, 2.75) is 25.9 Å². The van der Waals surface area contributed by atoms with Gasteiger partial charge in [0, 0.05) is 30.2 Å². The predicted molar refractivity (Wildman–Crippen MR) is 79.8 cm³/mol. The molecule has 102 valence electrons. The minimum absolute atomic E-state index is 0.199. The van der Waals surface area contributed by atoms with Crippen LogP contribution in [0.4, 0.5) is 0 Å².